The Balaban J connectivity index is 0. The summed E-state index contributed by atoms with van der Waals surface area (Å²) in [5.74, 6) is 0.939. The minimum Gasteiger partial charge on any atom is -0.342 e. The lowest BCUT2D eigenvalue weighted by atomic mass is 10.1. The van der Waals surface area contributed by atoms with Gasteiger partial charge in [0.05, 0.1) is 0 Å². The van der Waals surface area contributed by atoms with E-state index in [1.807, 2.05) is 11.8 Å². The molecule has 1 heterocycles. The molecule has 1 aliphatic heterocycles. The van der Waals surface area contributed by atoms with Crippen LogP contribution in [0.25, 0.3) is 0 Å². The van der Waals surface area contributed by atoms with Crippen LogP contribution in [0.4, 0.5) is 0 Å². The lowest BCUT2D eigenvalue weighted by Crippen LogP contribution is -2.32. The molecule has 0 aromatic heterocycles. The van der Waals surface area contributed by atoms with Crippen LogP contribution in [-0.4, -0.2) is 55.0 Å². The molecule has 1 saturated heterocycles. The van der Waals surface area contributed by atoms with Gasteiger partial charge >= 0.3 is 0 Å². The van der Waals surface area contributed by atoms with Crippen LogP contribution in [0.15, 0.2) is 0 Å². The third kappa shape index (κ3) is 8.30. The molecular weight excluding hydrogens is 297 g/mol. The fraction of sp³-hybridized carbons (Fsp3) is 0.929. The first kappa shape index (κ1) is 22.3. The van der Waals surface area contributed by atoms with Crippen molar-refractivity contribution < 1.29 is 4.79 Å². The summed E-state index contributed by atoms with van der Waals surface area (Å²) in [6, 6.07) is 0.128. The Hall–Kier alpha value is -0.0300. The van der Waals surface area contributed by atoms with Crippen molar-refractivity contribution in [2.24, 2.45) is 11.7 Å². The molecule has 0 bridgehead atoms. The van der Waals surface area contributed by atoms with E-state index < -0.39 is 0 Å². The van der Waals surface area contributed by atoms with Gasteiger partial charge in [0, 0.05) is 32.1 Å². The van der Waals surface area contributed by atoms with Gasteiger partial charge in [-0.05, 0) is 45.7 Å². The third-order valence-corrected chi connectivity index (χ3v) is 3.63. The third-order valence-electron chi connectivity index (χ3n) is 3.63. The normalized spacial score (nSPS) is 19.4. The second-order valence-electron chi connectivity index (χ2n) is 5.77. The van der Waals surface area contributed by atoms with Crippen molar-refractivity contribution in [3.05, 3.63) is 0 Å². The van der Waals surface area contributed by atoms with E-state index in [2.05, 4.69) is 18.9 Å². The molecule has 0 aliphatic carbocycles. The Morgan fingerprint density at radius 1 is 1.45 bits per heavy atom. The summed E-state index contributed by atoms with van der Waals surface area (Å²) in [4.78, 5) is 16.4. The zero-order valence-electron chi connectivity index (χ0n) is 13.0. The maximum absolute atomic E-state index is 12.0. The van der Waals surface area contributed by atoms with E-state index >= 15 is 0 Å². The maximum Gasteiger partial charge on any atom is 0.222 e. The van der Waals surface area contributed by atoms with E-state index in [1.165, 1.54) is 6.42 Å². The van der Waals surface area contributed by atoms with E-state index in [-0.39, 0.29) is 36.8 Å². The lowest BCUT2D eigenvalue weighted by Gasteiger charge is -2.21. The summed E-state index contributed by atoms with van der Waals surface area (Å²) in [6.45, 7) is 8.29. The van der Waals surface area contributed by atoms with Gasteiger partial charge in [0.15, 0.2) is 0 Å². The smallest absolute Gasteiger partial charge is 0.222 e. The van der Waals surface area contributed by atoms with E-state index in [4.69, 9.17) is 5.73 Å². The number of nitrogens with two attached hydrogens (primary N) is 1. The summed E-state index contributed by atoms with van der Waals surface area (Å²) >= 11 is 0. The van der Waals surface area contributed by atoms with Gasteiger partial charge in [-0.2, -0.15) is 0 Å². The predicted molar refractivity (Wildman–Crippen MR) is 89.9 cm³/mol. The summed E-state index contributed by atoms with van der Waals surface area (Å²) in [5, 5.41) is 0. The first-order valence-corrected chi connectivity index (χ1v) is 7.24. The van der Waals surface area contributed by atoms with Crippen LogP contribution >= 0.6 is 24.8 Å². The molecule has 4 nitrogen and oxygen atoms in total. The maximum atomic E-state index is 12.0. The monoisotopic (exact) mass is 327 g/mol. The minimum absolute atomic E-state index is 0. The fourth-order valence-corrected chi connectivity index (χ4v) is 2.63. The number of carbonyl (C=O) groups is 1. The largest absolute Gasteiger partial charge is 0.342 e. The Morgan fingerprint density at radius 3 is 2.65 bits per heavy atom. The highest BCUT2D eigenvalue weighted by Gasteiger charge is 2.26. The van der Waals surface area contributed by atoms with E-state index in [0.717, 1.165) is 39.0 Å². The molecule has 122 valence electrons. The zero-order chi connectivity index (χ0) is 13.5. The van der Waals surface area contributed by atoms with Gasteiger partial charge in [0.25, 0.3) is 0 Å². The molecule has 1 amide bonds. The highest BCUT2D eigenvalue weighted by atomic mass is 35.5. The molecule has 2 N–H and O–H groups in total. The van der Waals surface area contributed by atoms with Crippen molar-refractivity contribution in [1.29, 1.82) is 0 Å². The molecule has 0 aromatic carbocycles. The molecule has 0 spiro atoms. The molecule has 0 radical (unpaired) electrons. The van der Waals surface area contributed by atoms with Crippen molar-refractivity contribution in [3.63, 3.8) is 0 Å². The molecule has 2 unspecified atom stereocenters. The van der Waals surface area contributed by atoms with Crippen molar-refractivity contribution >= 4 is 30.7 Å². The predicted octanol–water partition coefficient (Wildman–Crippen LogP) is 2.15. The highest BCUT2D eigenvalue weighted by molar-refractivity contribution is 5.85. The second kappa shape index (κ2) is 11.6. The molecule has 1 aliphatic rings. The summed E-state index contributed by atoms with van der Waals surface area (Å²) in [6.07, 6.45) is 3.75. The number of rotatable bonds is 7. The molecule has 1 rings (SSSR count). The van der Waals surface area contributed by atoms with Gasteiger partial charge in [-0.1, -0.05) is 6.92 Å². The van der Waals surface area contributed by atoms with E-state index in [0.29, 0.717) is 12.3 Å². The number of carbonyl (C=O) groups excluding carboxylic acids is 1. The lowest BCUT2D eigenvalue weighted by molar-refractivity contribution is -0.130. The summed E-state index contributed by atoms with van der Waals surface area (Å²) in [7, 11) is 2.17. The number of likely N-dealkylation sites (tertiary alicyclic amines) is 1. The van der Waals surface area contributed by atoms with Crippen LogP contribution in [0.3, 0.4) is 0 Å². The quantitative estimate of drug-likeness (QED) is 0.779. The molecule has 6 heteroatoms. The van der Waals surface area contributed by atoms with E-state index in [1.54, 1.807) is 0 Å². The SMILES string of the molecule is CCCN(C)CC1CCN(C(=O)CCC(C)N)C1.Cl.Cl. The molecule has 0 saturated carbocycles. The van der Waals surface area contributed by atoms with Crippen LogP contribution in [0.5, 0.6) is 0 Å². The van der Waals surface area contributed by atoms with Crippen LogP contribution in [0, 0.1) is 5.92 Å². The summed E-state index contributed by atoms with van der Waals surface area (Å²) < 4.78 is 0. The number of hydrogen-bond donors (Lipinski definition) is 1. The van der Waals surface area contributed by atoms with E-state index in [9.17, 15) is 4.79 Å². The second-order valence-corrected chi connectivity index (χ2v) is 5.77. The topological polar surface area (TPSA) is 49.6 Å². The highest BCUT2D eigenvalue weighted by Crippen LogP contribution is 2.18. The Labute approximate surface area is 136 Å². The molecule has 0 aromatic rings. The summed E-state index contributed by atoms with van der Waals surface area (Å²) in [5.41, 5.74) is 5.69. The van der Waals surface area contributed by atoms with Crippen LogP contribution < -0.4 is 5.73 Å². The van der Waals surface area contributed by atoms with Crippen LogP contribution in [-0.2, 0) is 4.79 Å². The molecule has 2 atom stereocenters. The van der Waals surface area contributed by atoms with Gasteiger partial charge < -0.3 is 15.5 Å². The van der Waals surface area contributed by atoms with Gasteiger partial charge in [-0.3, -0.25) is 4.79 Å². The molecular formula is C14H31Cl2N3O. The first-order chi connectivity index (χ1) is 8.52. The van der Waals surface area contributed by atoms with Gasteiger partial charge in [0.2, 0.25) is 5.91 Å². The van der Waals surface area contributed by atoms with Crippen molar-refractivity contribution in [2.45, 2.75) is 45.6 Å². The van der Waals surface area contributed by atoms with Gasteiger partial charge in [-0.25, -0.2) is 0 Å². The Bertz CT molecular complexity index is 265. The van der Waals surface area contributed by atoms with Crippen molar-refractivity contribution in [3.8, 4) is 0 Å². The van der Waals surface area contributed by atoms with Crippen molar-refractivity contribution in [2.75, 3.05) is 33.2 Å². The number of halogens is 2. The average molecular weight is 328 g/mol. The Kier molecular flexibility index (Phi) is 12.9. The van der Waals surface area contributed by atoms with Crippen LogP contribution in [0.2, 0.25) is 0 Å². The average Bonchev–Trinajstić information content (AvgIpc) is 2.74. The van der Waals surface area contributed by atoms with Gasteiger partial charge in [-0.15, -0.1) is 24.8 Å². The van der Waals surface area contributed by atoms with Crippen molar-refractivity contribution in [1.82, 2.24) is 9.80 Å². The zero-order valence-corrected chi connectivity index (χ0v) is 14.6. The molecule has 1 fully saturated rings. The number of hydrogen-bond acceptors (Lipinski definition) is 3. The molecule has 20 heavy (non-hydrogen) atoms. The number of amides is 1. The minimum atomic E-state index is 0. The Morgan fingerprint density at radius 2 is 2.10 bits per heavy atom. The number of nitrogens with zero attached hydrogens (tertiary/aromatic N) is 2. The van der Waals surface area contributed by atoms with Crippen LogP contribution in [0.1, 0.15) is 39.5 Å². The van der Waals surface area contributed by atoms with Gasteiger partial charge in [0.1, 0.15) is 0 Å². The first-order valence-electron chi connectivity index (χ1n) is 7.24. The fourth-order valence-electron chi connectivity index (χ4n) is 2.63. The standard InChI is InChI=1S/C14H29N3O.2ClH/c1-4-8-16(3)10-13-7-9-17(11-13)14(18)6-5-12(2)15;;/h12-13H,4-11,15H2,1-3H3;2*1H.